The normalized spacial score (nSPS) is 14.6. The second-order valence-corrected chi connectivity index (χ2v) is 3.28. The first-order valence-corrected chi connectivity index (χ1v) is 4.62. The number of halogens is 3. The van der Waals surface area contributed by atoms with Crippen LogP contribution < -0.4 is 0 Å². The molecule has 0 aliphatic carbocycles. The van der Waals surface area contributed by atoms with Crippen LogP contribution in [0.5, 0.6) is 0 Å². The molecule has 2 nitrogen and oxygen atoms in total. The van der Waals surface area contributed by atoms with E-state index in [-0.39, 0.29) is 5.76 Å². The molecule has 0 unspecified atom stereocenters. The summed E-state index contributed by atoms with van der Waals surface area (Å²) in [7, 11) is 0. The van der Waals surface area contributed by atoms with E-state index < -0.39 is 28.8 Å². The first-order valence-electron chi connectivity index (χ1n) is 4.62. The van der Waals surface area contributed by atoms with Crippen molar-refractivity contribution in [1.82, 2.24) is 0 Å². The van der Waals surface area contributed by atoms with Crippen molar-refractivity contribution in [3.8, 4) is 0 Å². The average Bonchev–Trinajstić information content (AvgIpc) is 2.67. The fourth-order valence-corrected chi connectivity index (χ4v) is 1.46. The van der Waals surface area contributed by atoms with Crippen LogP contribution in [0.1, 0.15) is 16.8 Å². The van der Waals surface area contributed by atoms with E-state index in [1.807, 2.05) is 0 Å². The van der Waals surface area contributed by atoms with Crippen LogP contribution in [0.15, 0.2) is 24.0 Å². The van der Waals surface area contributed by atoms with E-state index in [1.54, 1.807) is 0 Å². The Morgan fingerprint density at radius 3 is 2.31 bits per heavy atom. The largest absolute Gasteiger partial charge is 0.489 e. The van der Waals surface area contributed by atoms with Crippen LogP contribution in [-0.2, 0) is 4.74 Å². The standard InChI is InChI=1S/C11H7F3O2/c12-6-4-7(13)10(8(14)5-6)11(15)9-2-1-3-16-9/h2,4-5H,1,3H2. The molecule has 0 fully saturated rings. The Balaban J connectivity index is 2.44. The van der Waals surface area contributed by atoms with E-state index in [1.165, 1.54) is 6.08 Å². The van der Waals surface area contributed by atoms with Gasteiger partial charge in [-0.15, -0.1) is 0 Å². The number of benzene rings is 1. The summed E-state index contributed by atoms with van der Waals surface area (Å²) in [5.74, 6) is -4.50. The fourth-order valence-electron chi connectivity index (χ4n) is 1.46. The van der Waals surface area contributed by atoms with Gasteiger partial charge >= 0.3 is 0 Å². The Bertz CT molecular complexity index is 457. The number of allylic oxidation sites excluding steroid dienone is 1. The Morgan fingerprint density at radius 1 is 1.19 bits per heavy atom. The highest BCUT2D eigenvalue weighted by molar-refractivity contribution is 6.07. The molecule has 0 aromatic heterocycles. The number of Topliss-reactive ketones (excluding diaryl/α,β-unsaturated/α-hetero) is 1. The summed E-state index contributed by atoms with van der Waals surface area (Å²) in [6.07, 6.45) is 1.97. The molecule has 2 rings (SSSR count). The molecule has 16 heavy (non-hydrogen) atoms. The Hall–Kier alpha value is -1.78. The van der Waals surface area contributed by atoms with Crippen molar-refractivity contribution >= 4 is 5.78 Å². The van der Waals surface area contributed by atoms with Crippen molar-refractivity contribution in [3.63, 3.8) is 0 Å². The van der Waals surface area contributed by atoms with Crippen LogP contribution in [0, 0.1) is 17.5 Å². The van der Waals surface area contributed by atoms with Gasteiger partial charge in [-0.3, -0.25) is 4.79 Å². The van der Waals surface area contributed by atoms with E-state index in [0.29, 0.717) is 25.2 Å². The molecule has 0 bridgehead atoms. The Morgan fingerprint density at radius 2 is 1.81 bits per heavy atom. The molecular formula is C11H7F3O2. The predicted molar refractivity (Wildman–Crippen MR) is 49.3 cm³/mol. The van der Waals surface area contributed by atoms with Crippen LogP contribution in [0.4, 0.5) is 13.2 Å². The number of carbonyl (C=O) groups excluding carboxylic acids is 1. The van der Waals surface area contributed by atoms with Gasteiger partial charge in [0, 0.05) is 18.6 Å². The van der Waals surface area contributed by atoms with Crippen molar-refractivity contribution in [2.75, 3.05) is 6.61 Å². The number of hydrogen-bond acceptors (Lipinski definition) is 2. The predicted octanol–water partition coefficient (Wildman–Crippen LogP) is 2.59. The molecular weight excluding hydrogens is 221 g/mol. The Labute approximate surface area is 89.3 Å². The minimum absolute atomic E-state index is 0.0931. The first kappa shape index (κ1) is 10.7. The minimum Gasteiger partial charge on any atom is -0.489 e. The topological polar surface area (TPSA) is 26.3 Å². The monoisotopic (exact) mass is 228 g/mol. The second-order valence-electron chi connectivity index (χ2n) is 3.28. The van der Waals surface area contributed by atoms with E-state index in [0.717, 1.165) is 0 Å². The van der Waals surface area contributed by atoms with Gasteiger partial charge in [0.05, 0.1) is 12.2 Å². The van der Waals surface area contributed by atoms with Crippen molar-refractivity contribution in [2.24, 2.45) is 0 Å². The SMILES string of the molecule is O=C(C1=CCCO1)c1c(F)cc(F)cc1F. The van der Waals surface area contributed by atoms with Gasteiger partial charge in [-0.25, -0.2) is 13.2 Å². The summed E-state index contributed by atoms with van der Waals surface area (Å²) >= 11 is 0. The van der Waals surface area contributed by atoms with E-state index in [2.05, 4.69) is 0 Å². The molecule has 0 amide bonds. The van der Waals surface area contributed by atoms with Crippen LogP contribution >= 0.6 is 0 Å². The van der Waals surface area contributed by atoms with Crippen molar-refractivity contribution < 1.29 is 22.7 Å². The summed E-state index contributed by atoms with van der Waals surface area (Å²) in [6, 6.07) is 0.928. The average molecular weight is 228 g/mol. The number of hydrogen-bond donors (Lipinski definition) is 0. The highest BCUT2D eigenvalue weighted by Crippen LogP contribution is 2.21. The van der Waals surface area contributed by atoms with Gasteiger partial charge in [0.15, 0.2) is 5.76 Å². The Kier molecular flexibility index (Phi) is 2.68. The highest BCUT2D eigenvalue weighted by Gasteiger charge is 2.24. The molecule has 1 aromatic carbocycles. The van der Waals surface area contributed by atoms with Crippen molar-refractivity contribution in [1.29, 1.82) is 0 Å². The van der Waals surface area contributed by atoms with Crippen LogP contribution in [0.2, 0.25) is 0 Å². The van der Waals surface area contributed by atoms with Crippen molar-refractivity contribution in [3.05, 3.63) is 47.0 Å². The highest BCUT2D eigenvalue weighted by atomic mass is 19.1. The van der Waals surface area contributed by atoms with Gasteiger partial charge in [0.25, 0.3) is 0 Å². The quantitative estimate of drug-likeness (QED) is 0.727. The fraction of sp³-hybridized carbons (Fsp3) is 0.182. The smallest absolute Gasteiger partial charge is 0.233 e. The maximum atomic E-state index is 13.2. The summed E-state index contributed by atoms with van der Waals surface area (Å²) < 4.78 is 44.0. The molecule has 0 atom stereocenters. The van der Waals surface area contributed by atoms with E-state index >= 15 is 0 Å². The number of carbonyl (C=O) groups is 1. The van der Waals surface area contributed by atoms with Gasteiger partial charge in [0.2, 0.25) is 5.78 Å². The zero-order valence-corrected chi connectivity index (χ0v) is 8.10. The summed E-state index contributed by atoms with van der Waals surface area (Å²) in [5, 5.41) is 0. The van der Waals surface area contributed by atoms with Gasteiger partial charge < -0.3 is 4.74 Å². The molecule has 1 aliphatic rings. The lowest BCUT2D eigenvalue weighted by molar-refractivity contribution is 0.0934. The minimum atomic E-state index is -1.22. The molecule has 1 heterocycles. The summed E-state index contributed by atoms with van der Waals surface area (Å²) in [4.78, 5) is 11.6. The lowest BCUT2D eigenvalue weighted by Gasteiger charge is -2.05. The number of ketones is 1. The third-order valence-electron chi connectivity index (χ3n) is 2.16. The number of ether oxygens (including phenoxy) is 1. The maximum absolute atomic E-state index is 13.2. The number of rotatable bonds is 2. The van der Waals surface area contributed by atoms with Gasteiger partial charge in [-0.2, -0.15) is 0 Å². The maximum Gasteiger partial charge on any atom is 0.233 e. The molecule has 5 heteroatoms. The van der Waals surface area contributed by atoms with E-state index in [4.69, 9.17) is 4.74 Å². The third-order valence-corrected chi connectivity index (χ3v) is 2.16. The molecule has 0 N–H and O–H groups in total. The van der Waals surface area contributed by atoms with Gasteiger partial charge in [-0.1, -0.05) is 0 Å². The molecule has 0 spiro atoms. The molecule has 0 radical (unpaired) electrons. The van der Waals surface area contributed by atoms with Crippen LogP contribution in [-0.4, -0.2) is 12.4 Å². The lowest BCUT2D eigenvalue weighted by atomic mass is 10.1. The van der Waals surface area contributed by atoms with Crippen molar-refractivity contribution in [2.45, 2.75) is 6.42 Å². The molecule has 1 aliphatic heterocycles. The summed E-state index contributed by atoms with van der Waals surface area (Å²) in [5.41, 5.74) is -0.783. The van der Waals surface area contributed by atoms with Crippen LogP contribution in [0.25, 0.3) is 0 Å². The molecule has 84 valence electrons. The third kappa shape index (κ3) is 1.80. The lowest BCUT2D eigenvalue weighted by Crippen LogP contribution is -2.10. The molecule has 0 saturated carbocycles. The zero-order valence-electron chi connectivity index (χ0n) is 8.10. The van der Waals surface area contributed by atoms with Gasteiger partial charge in [-0.05, 0) is 6.08 Å². The second kappa shape index (κ2) is 4.00. The molecule has 1 aromatic rings. The first-order chi connectivity index (χ1) is 7.59. The zero-order chi connectivity index (χ0) is 11.7. The summed E-state index contributed by atoms with van der Waals surface area (Å²) in [6.45, 7) is 0.311. The molecule has 0 saturated heterocycles. The van der Waals surface area contributed by atoms with Crippen LogP contribution in [0.3, 0.4) is 0 Å². The van der Waals surface area contributed by atoms with E-state index in [9.17, 15) is 18.0 Å². The van der Waals surface area contributed by atoms with Gasteiger partial charge in [0.1, 0.15) is 17.5 Å².